The second-order valence-electron chi connectivity index (χ2n) is 11.3. The summed E-state index contributed by atoms with van der Waals surface area (Å²) >= 11 is 0. The van der Waals surface area contributed by atoms with Gasteiger partial charge in [-0.2, -0.15) is 0 Å². The number of Topliss-reactive ketones (excluding diaryl/α,β-unsaturated/α-hetero) is 1. The molecule has 1 aliphatic carbocycles. The van der Waals surface area contributed by atoms with E-state index in [0.29, 0.717) is 12.0 Å². The van der Waals surface area contributed by atoms with Gasteiger partial charge in [0.25, 0.3) is 5.91 Å². The number of allylic oxidation sites excluding steroid dienone is 4. The van der Waals surface area contributed by atoms with Crippen LogP contribution in [0.2, 0.25) is 0 Å². The molecule has 0 fully saturated rings. The molecule has 0 saturated carbocycles. The number of ether oxygens (including phenoxy) is 4. The molecule has 0 aromatic rings. The van der Waals surface area contributed by atoms with Crippen molar-refractivity contribution in [2.24, 2.45) is 23.3 Å². The van der Waals surface area contributed by atoms with E-state index in [1.54, 1.807) is 32.1 Å². The zero-order valence-corrected chi connectivity index (χ0v) is 28.5. The minimum Gasteiger partial charge on any atom is -0.458 e. The van der Waals surface area contributed by atoms with E-state index in [1.807, 2.05) is 6.92 Å². The number of hydrogen-bond acceptors (Lipinski definition) is 11. The van der Waals surface area contributed by atoms with E-state index in [4.69, 9.17) is 30.4 Å². The first-order chi connectivity index (χ1) is 21.8. The highest BCUT2D eigenvalue weighted by Gasteiger charge is 2.35. The molecule has 0 unspecified atom stereocenters. The SMILES string of the molecule is C=CCNC1=C2C[C@@H](C)C[C@@H](OC)[C@H](OC(=O)CN)[C@H](C)/C=C(\C)[C@@H](OC(N)=O)[C@@H](OC)/C=C\C=C(/C)C(=O)NC(=CC1=O)C2=O.Cl. The topological polar surface area (TPSA) is 198 Å². The molecule has 0 radical (unpaired) electrons. The van der Waals surface area contributed by atoms with Crippen molar-refractivity contribution in [2.45, 2.75) is 65.0 Å². The molecule has 0 aromatic carbocycles. The first-order valence-corrected chi connectivity index (χ1v) is 14.9. The highest BCUT2D eigenvalue weighted by atomic mass is 35.5. The van der Waals surface area contributed by atoms with Crippen molar-refractivity contribution >= 4 is 41.9 Å². The Morgan fingerprint density at radius 2 is 1.81 bits per heavy atom. The van der Waals surface area contributed by atoms with Crippen molar-refractivity contribution in [3.8, 4) is 0 Å². The van der Waals surface area contributed by atoms with Gasteiger partial charge in [0.2, 0.25) is 11.6 Å². The molecule has 2 rings (SSSR count). The van der Waals surface area contributed by atoms with Gasteiger partial charge in [0.05, 0.1) is 24.0 Å². The van der Waals surface area contributed by atoms with Crippen LogP contribution in [0.15, 0.2) is 71.1 Å². The van der Waals surface area contributed by atoms with E-state index in [-0.39, 0.29) is 60.4 Å². The molecule has 1 aliphatic heterocycles. The van der Waals surface area contributed by atoms with Crippen LogP contribution in [-0.2, 0) is 38.1 Å². The van der Waals surface area contributed by atoms with Crippen LogP contribution in [-0.4, -0.2) is 81.3 Å². The number of amides is 2. The first-order valence-electron chi connectivity index (χ1n) is 14.9. The fourth-order valence-electron chi connectivity index (χ4n) is 5.32. The van der Waals surface area contributed by atoms with E-state index in [1.165, 1.54) is 33.3 Å². The van der Waals surface area contributed by atoms with Crippen LogP contribution in [0.25, 0.3) is 0 Å². The smallest absolute Gasteiger partial charge is 0.405 e. The standard InChI is InChI=1S/C33H46N4O9.ClH/c1-8-12-36-28-22-13-18(2)14-26(44-7)31(45-27(39)17-34)21(5)15-20(4)30(46-33(35)42)25(43-6)11-9-10-19(3)32(41)37-23(29(22)40)16-24(28)38;/h8-11,15-16,18,21,25-26,30-31,36H,1,12-14,17,34H2,2-7H3,(H2,35,42)(H,37,41);1H/b11-9-,19-10+,20-15+;/t18-,21-,25+,26-,30-,31-;/m1./s1. The van der Waals surface area contributed by atoms with Crippen LogP contribution < -0.4 is 22.1 Å². The molecule has 260 valence electrons. The summed E-state index contributed by atoms with van der Waals surface area (Å²) in [4.78, 5) is 64.2. The summed E-state index contributed by atoms with van der Waals surface area (Å²) in [7, 11) is 2.89. The molecule has 2 bridgehead atoms. The normalized spacial score (nSPS) is 29.1. The van der Waals surface area contributed by atoms with Crippen molar-refractivity contribution in [1.82, 2.24) is 10.6 Å². The quantitative estimate of drug-likeness (QED) is 0.167. The molecular weight excluding hydrogens is 632 g/mol. The molecular formula is C33H47ClN4O9. The maximum Gasteiger partial charge on any atom is 0.405 e. The summed E-state index contributed by atoms with van der Waals surface area (Å²) in [5.74, 6) is -3.00. The summed E-state index contributed by atoms with van der Waals surface area (Å²) in [5, 5.41) is 5.52. The summed E-state index contributed by atoms with van der Waals surface area (Å²) < 4.78 is 22.6. The molecule has 0 aromatic heterocycles. The van der Waals surface area contributed by atoms with E-state index in [9.17, 15) is 24.0 Å². The lowest BCUT2D eigenvalue weighted by Crippen LogP contribution is -2.41. The van der Waals surface area contributed by atoms with Gasteiger partial charge in [-0.1, -0.05) is 44.2 Å². The number of nitrogens with two attached hydrogens (primary N) is 2. The lowest BCUT2D eigenvalue weighted by molar-refractivity contribution is -0.158. The number of nitrogens with one attached hydrogen (secondary N) is 2. The Labute approximate surface area is 281 Å². The van der Waals surface area contributed by atoms with Gasteiger partial charge in [0, 0.05) is 43.9 Å². The molecule has 1 heterocycles. The van der Waals surface area contributed by atoms with Gasteiger partial charge in [-0.25, -0.2) is 4.79 Å². The number of ketones is 2. The molecule has 0 saturated heterocycles. The third kappa shape index (κ3) is 11.6. The number of carbonyl (C=O) groups excluding carboxylic acids is 5. The molecule has 2 amide bonds. The Hall–Kier alpha value is -4.04. The molecule has 6 atom stereocenters. The van der Waals surface area contributed by atoms with Crippen LogP contribution >= 0.6 is 12.4 Å². The largest absolute Gasteiger partial charge is 0.458 e. The lowest BCUT2D eigenvalue weighted by Gasteiger charge is -2.32. The Kier molecular flexibility index (Phi) is 17.1. The minimum absolute atomic E-state index is 0. The van der Waals surface area contributed by atoms with Gasteiger partial charge in [0.1, 0.15) is 12.2 Å². The minimum atomic E-state index is -1.03. The summed E-state index contributed by atoms with van der Waals surface area (Å²) in [6, 6.07) is 0. The van der Waals surface area contributed by atoms with Crippen LogP contribution in [0.4, 0.5) is 4.79 Å². The fraction of sp³-hybridized carbons (Fsp3) is 0.485. The van der Waals surface area contributed by atoms with Crippen LogP contribution in [0.5, 0.6) is 0 Å². The molecule has 2 aliphatic rings. The maximum atomic E-state index is 13.7. The van der Waals surface area contributed by atoms with Gasteiger partial charge < -0.3 is 41.0 Å². The number of esters is 1. The van der Waals surface area contributed by atoms with Crippen molar-refractivity contribution < 1.29 is 42.9 Å². The zero-order valence-electron chi connectivity index (χ0n) is 27.7. The molecule has 0 spiro atoms. The second-order valence-corrected chi connectivity index (χ2v) is 11.3. The second kappa shape index (κ2) is 19.6. The van der Waals surface area contributed by atoms with E-state index in [2.05, 4.69) is 17.2 Å². The highest BCUT2D eigenvalue weighted by molar-refractivity contribution is 6.23. The predicted molar refractivity (Wildman–Crippen MR) is 178 cm³/mol. The van der Waals surface area contributed by atoms with Gasteiger partial charge >= 0.3 is 12.1 Å². The Bertz CT molecular complexity index is 1350. The fourth-order valence-corrected chi connectivity index (χ4v) is 5.32. The number of hydrogen-bond donors (Lipinski definition) is 4. The van der Waals surface area contributed by atoms with E-state index < -0.39 is 59.9 Å². The third-order valence-electron chi connectivity index (χ3n) is 7.62. The molecule has 47 heavy (non-hydrogen) atoms. The lowest BCUT2D eigenvalue weighted by atomic mass is 9.85. The van der Waals surface area contributed by atoms with Crippen molar-refractivity contribution in [1.29, 1.82) is 0 Å². The van der Waals surface area contributed by atoms with E-state index in [0.717, 1.165) is 6.08 Å². The Balaban J connectivity index is 0.0000110. The number of primary amides is 1. The highest BCUT2D eigenvalue weighted by Crippen LogP contribution is 2.30. The first kappa shape index (κ1) is 41.0. The van der Waals surface area contributed by atoms with E-state index >= 15 is 0 Å². The summed E-state index contributed by atoms with van der Waals surface area (Å²) in [5.41, 5.74) is 11.9. The van der Waals surface area contributed by atoms with Gasteiger partial charge in [-0.3, -0.25) is 19.2 Å². The zero-order chi connectivity index (χ0) is 34.6. The molecule has 6 N–H and O–H groups in total. The third-order valence-corrected chi connectivity index (χ3v) is 7.62. The Morgan fingerprint density at radius 1 is 1.13 bits per heavy atom. The monoisotopic (exact) mass is 678 g/mol. The number of rotatable bonds is 8. The summed E-state index contributed by atoms with van der Waals surface area (Å²) in [6.07, 6.45) is 5.07. The van der Waals surface area contributed by atoms with Crippen molar-refractivity contribution in [3.63, 3.8) is 0 Å². The van der Waals surface area contributed by atoms with Crippen molar-refractivity contribution in [3.05, 3.63) is 71.1 Å². The van der Waals surface area contributed by atoms with Gasteiger partial charge in [0.15, 0.2) is 6.10 Å². The molecule has 14 heteroatoms. The van der Waals surface area contributed by atoms with Crippen LogP contribution in [0.3, 0.4) is 0 Å². The number of methoxy groups -OCH3 is 2. The Morgan fingerprint density at radius 3 is 2.38 bits per heavy atom. The molecule has 13 nitrogen and oxygen atoms in total. The number of carbonyl (C=O) groups is 5. The predicted octanol–water partition coefficient (Wildman–Crippen LogP) is 2.47. The van der Waals surface area contributed by atoms with Crippen LogP contribution in [0, 0.1) is 11.8 Å². The van der Waals surface area contributed by atoms with Crippen molar-refractivity contribution in [2.75, 3.05) is 27.3 Å². The average molecular weight is 679 g/mol. The maximum absolute atomic E-state index is 13.7. The van der Waals surface area contributed by atoms with Gasteiger partial charge in [-0.15, -0.1) is 19.0 Å². The summed E-state index contributed by atoms with van der Waals surface area (Å²) in [6.45, 7) is 10.5. The number of halogens is 1. The average Bonchev–Trinajstić information content (AvgIpc) is 3.01. The van der Waals surface area contributed by atoms with Crippen LogP contribution in [0.1, 0.15) is 40.5 Å². The van der Waals surface area contributed by atoms with Gasteiger partial charge in [-0.05, 0) is 38.2 Å². The number of fused-ring (bicyclic) bond motifs is 2.